The van der Waals surface area contributed by atoms with Gasteiger partial charge in [-0.3, -0.25) is 4.79 Å². The summed E-state index contributed by atoms with van der Waals surface area (Å²) in [6.45, 7) is 1.29. The van der Waals surface area contributed by atoms with E-state index in [0.717, 1.165) is 24.8 Å². The lowest BCUT2D eigenvalue weighted by Gasteiger charge is -2.45. The predicted molar refractivity (Wildman–Crippen MR) is 84.1 cm³/mol. The molecule has 1 amide bonds. The molecule has 116 valence electrons. The zero-order chi connectivity index (χ0) is 15.3. The number of likely N-dealkylation sites (tertiary alicyclic amines) is 1. The molecule has 1 saturated heterocycles. The van der Waals surface area contributed by atoms with Crippen molar-refractivity contribution in [3.8, 4) is 0 Å². The summed E-state index contributed by atoms with van der Waals surface area (Å²) in [7, 11) is 0. The third kappa shape index (κ3) is 2.27. The van der Waals surface area contributed by atoms with Crippen molar-refractivity contribution >= 4 is 29.2 Å². The SMILES string of the molecule is O=C(c1ccc2[nH]c(=S)oc2c1)N1C[C@H]2CCC[C@@H](C1)C2O. The molecule has 0 radical (unpaired) electrons. The van der Waals surface area contributed by atoms with E-state index in [2.05, 4.69) is 4.98 Å². The second kappa shape index (κ2) is 5.21. The average Bonchev–Trinajstić information content (AvgIpc) is 2.85. The molecule has 2 aliphatic rings. The monoisotopic (exact) mass is 318 g/mol. The molecule has 2 N–H and O–H groups in total. The number of amides is 1. The van der Waals surface area contributed by atoms with Gasteiger partial charge in [-0.25, -0.2) is 0 Å². The van der Waals surface area contributed by atoms with Crippen LogP contribution in [0.5, 0.6) is 0 Å². The quantitative estimate of drug-likeness (QED) is 0.793. The number of aliphatic hydroxyl groups is 1. The standard InChI is InChI=1S/C16H18N2O3S/c19-14-10-2-1-3-11(14)8-18(7-10)15(20)9-4-5-12-13(6-9)21-16(22)17-12/h4-6,10-11,14,19H,1-3,7-8H2,(H,17,22)/t10-,11+,14?. The maximum Gasteiger partial charge on any atom is 0.266 e. The lowest BCUT2D eigenvalue weighted by Crippen LogP contribution is -2.53. The summed E-state index contributed by atoms with van der Waals surface area (Å²) in [5, 5.41) is 10.2. The minimum absolute atomic E-state index is 0.00742. The summed E-state index contributed by atoms with van der Waals surface area (Å²) in [6, 6.07) is 5.36. The molecule has 5 nitrogen and oxygen atoms in total. The van der Waals surface area contributed by atoms with E-state index in [4.69, 9.17) is 16.6 Å². The Bertz CT molecular complexity index is 767. The summed E-state index contributed by atoms with van der Waals surface area (Å²) < 4.78 is 5.39. The number of fused-ring (bicyclic) bond motifs is 3. The number of aromatic nitrogens is 1. The van der Waals surface area contributed by atoms with Crippen LogP contribution in [-0.2, 0) is 0 Å². The van der Waals surface area contributed by atoms with Crippen LogP contribution < -0.4 is 0 Å². The number of nitrogens with one attached hydrogen (secondary N) is 1. The van der Waals surface area contributed by atoms with Crippen molar-refractivity contribution in [2.75, 3.05) is 13.1 Å². The van der Waals surface area contributed by atoms with Crippen LogP contribution in [0.15, 0.2) is 22.6 Å². The third-order valence-electron chi connectivity index (χ3n) is 4.98. The van der Waals surface area contributed by atoms with Crippen LogP contribution in [0.3, 0.4) is 0 Å². The van der Waals surface area contributed by atoms with Gasteiger partial charge in [0.05, 0.1) is 11.6 Å². The molecule has 3 atom stereocenters. The van der Waals surface area contributed by atoms with Gasteiger partial charge in [-0.15, -0.1) is 0 Å². The van der Waals surface area contributed by atoms with Gasteiger partial charge in [0, 0.05) is 30.5 Å². The van der Waals surface area contributed by atoms with Gasteiger partial charge in [-0.1, -0.05) is 6.42 Å². The molecule has 2 heterocycles. The zero-order valence-corrected chi connectivity index (χ0v) is 12.9. The van der Waals surface area contributed by atoms with Crippen molar-refractivity contribution in [1.82, 2.24) is 9.88 Å². The Morgan fingerprint density at radius 2 is 2.05 bits per heavy atom. The highest BCUT2D eigenvalue weighted by atomic mass is 32.1. The summed E-state index contributed by atoms with van der Waals surface area (Å²) in [4.78, 5) is 17.9. The van der Waals surface area contributed by atoms with E-state index in [1.54, 1.807) is 12.1 Å². The topological polar surface area (TPSA) is 69.5 Å². The van der Waals surface area contributed by atoms with Crippen LogP contribution in [-0.4, -0.2) is 40.1 Å². The fraction of sp³-hybridized carbons (Fsp3) is 0.500. The predicted octanol–water partition coefficient (Wildman–Crippen LogP) is 2.72. The summed E-state index contributed by atoms with van der Waals surface area (Å²) in [5.74, 6) is 0.445. The molecule has 1 aromatic carbocycles. The molecule has 0 spiro atoms. The third-order valence-corrected chi connectivity index (χ3v) is 5.17. The number of piperidine rings is 1. The lowest BCUT2D eigenvalue weighted by molar-refractivity contribution is -0.0412. The molecular formula is C16H18N2O3S. The second-order valence-electron chi connectivity index (χ2n) is 6.38. The first-order valence-corrected chi connectivity index (χ1v) is 8.13. The Labute approximate surface area is 132 Å². The number of carbonyl (C=O) groups is 1. The van der Waals surface area contributed by atoms with Crippen molar-refractivity contribution in [2.45, 2.75) is 25.4 Å². The van der Waals surface area contributed by atoms with E-state index in [1.807, 2.05) is 11.0 Å². The Kier molecular flexibility index (Phi) is 3.31. The maximum atomic E-state index is 12.8. The summed E-state index contributed by atoms with van der Waals surface area (Å²) in [5.41, 5.74) is 2.01. The molecule has 1 saturated carbocycles. The number of hydrogen-bond donors (Lipinski definition) is 2. The molecule has 1 aliphatic carbocycles. The Hall–Kier alpha value is -1.66. The first-order valence-electron chi connectivity index (χ1n) is 7.72. The number of hydrogen-bond acceptors (Lipinski definition) is 4. The summed E-state index contributed by atoms with van der Waals surface area (Å²) >= 11 is 4.97. The van der Waals surface area contributed by atoms with Gasteiger partial charge in [0.2, 0.25) is 0 Å². The van der Waals surface area contributed by atoms with E-state index in [1.165, 1.54) is 0 Å². The average molecular weight is 318 g/mol. The highest BCUT2D eigenvalue weighted by Crippen LogP contribution is 2.35. The van der Waals surface area contributed by atoms with E-state index >= 15 is 0 Å². The maximum absolute atomic E-state index is 12.8. The van der Waals surface area contributed by atoms with Crippen LogP contribution in [0, 0.1) is 16.7 Å². The minimum atomic E-state index is -0.247. The number of carbonyl (C=O) groups excluding carboxylic acids is 1. The van der Waals surface area contributed by atoms with E-state index < -0.39 is 0 Å². The van der Waals surface area contributed by atoms with Crippen LogP contribution in [0.1, 0.15) is 29.6 Å². The number of nitrogens with zero attached hydrogens (tertiary/aromatic N) is 1. The van der Waals surface area contributed by atoms with Crippen molar-refractivity contribution in [3.05, 3.63) is 28.6 Å². The van der Waals surface area contributed by atoms with Gasteiger partial charge >= 0.3 is 0 Å². The number of rotatable bonds is 1. The molecule has 2 bridgehead atoms. The minimum Gasteiger partial charge on any atom is -0.429 e. The van der Waals surface area contributed by atoms with Crippen LogP contribution in [0.4, 0.5) is 0 Å². The number of oxazole rings is 1. The molecule has 4 rings (SSSR count). The summed E-state index contributed by atoms with van der Waals surface area (Å²) in [6.07, 6.45) is 2.92. The Morgan fingerprint density at radius 1 is 1.32 bits per heavy atom. The molecule has 2 aromatic rings. The fourth-order valence-electron chi connectivity index (χ4n) is 3.83. The molecule has 1 aromatic heterocycles. The van der Waals surface area contributed by atoms with Crippen molar-refractivity contribution in [2.24, 2.45) is 11.8 Å². The van der Waals surface area contributed by atoms with Gasteiger partial charge < -0.3 is 19.4 Å². The van der Waals surface area contributed by atoms with Gasteiger partial charge in [0.25, 0.3) is 10.7 Å². The number of H-pyrrole nitrogens is 1. The molecule has 2 fully saturated rings. The smallest absolute Gasteiger partial charge is 0.266 e. The normalized spacial score (nSPS) is 28.0. The van der Waals surface area contributed by atoms with Gasteiger partial charge in [-0.05, 0) is 43.3 Å². The van der Waals surface area contributed by atoms with E-state index in [0.29, 0.717) is 29.1 Å². The Balaban J connectivity index is 1.61. The largest absolute Gasteiger partial charge is 0.429 e. The number of aliphatic hydroxyl groups excluding tert-OH is 1. The molecule has 6 heteroatoms. The first-order chi connectivity index (χ1) is 10.6. The molecule has 1 aliphatic heterocycles. The number of benzene rings is 1. The lowest BCUT2D eigenvalue weighted by atomic mass is 9.75. The van der Waals surface area contributed by atoms with Crippen molar-refractivity contribution in [1.29, 1.82) is 0 Å². The van der Waals surface area contributed by atoms with E-state index in [9.17, 15) is 9.90 Å². The van der Waals surface area contributed by atoms with Crippen LogP contribution in [0.2, 0.25) is 0 Å². The molecular weight excluding hydrogens is 300 g/mol. The highest BCUT2D eigenvalue weighted by molar-refractivity contribution is 7.71. The highest BCUT2D eigenvalue weighted by Gasteiger charge is 2.39. The zero-order valence-electron chi connectivity index (χ0n) is 12.1. The Morgan fingerprint density at radius 3 is 2.77 bits per heavy atom. The van der Waals surface area contributed by atoms with Crippen molar-refractivity contribution < 1.29 is 14.3 Å². The van der Waals surface area contributed by atoms with Gasteiger partial charge in [0.1, 0.15) is 0 Å². The van der Waals surface area contributed by atoms with Gasteiger partial charge in [-0.2, -0.15) is 0 Å². The van der Waals surface area contributed by atoms with E-state index in [-0.39, 0.29) is 23.8 Å². The first kappa shape index (κ1) is 14.0. The number of aromatic amines is 1. The van der Waals surface area contributed by atoms with Crippen LogP contribution >= 0.6 is 12.2 Å². The van der Waals surface area contributed by atoms with Gasteiger partial charge in [0.15, 0.2) is 5.58 Å². The molecule has 1 unspecified atom stereocenters. The van der Waals surface area contributed by atoms with Crippen molar-refractivity contribution in [3.63, 3.8) is 0 Å². The fourth-order valence-corrected chi connectivity index (χ4v) is 4.03. The molecule has 22 heavy (non-hydrogen) atoms. The second-order valence-corrected chi connectivity index (χ2v) is 6.75. The van der Waals surface area contributed by atoms with Crippen LogP contribution in [0.25, 0.3) is 11.1 Å².